The maximum Gasteiger partial charge on any atom is -0.0206 e. The van der Waals surface area contributed by atoms with Crippen LogP contribution in [-0.4, -0.2) is 0 Å². The molecule has 10 heavy (non-hydrogen) atoms. The molecule has 1 rings (SSSR count). The average Bonchev–Trinajstić information content (AvgIpc) is 1.88. The third-order valence-electron chi connectivity index (χ3n) is 2.63. The molecule has 0 bridgehead atoms. The van der Waals surface area contributed by atoms with Crippen molar-refractivity contribution in [2.75, 3.05) is 0 Å². The summed E-state index contributed by atoms with van der Waals surface area (Å²) in [5.41, 5.74) is 1.39. The van der Waals surface area contributed by atoms with Crippen LogP contribution in [0.5, 0.6) is 0 Å². The van der Waals surface area contributed by atoms with Gasteiger partial charge in [-0.25, -0.2) is 0 Å². The van der Waals surface area contributed by atoms with Crippen molar-refractivity contribution in [1.82, 2.24) is 0 Å². The van der Waals surface area contributed by atoms with Crippen molar-refractivity contribution < 1.29 is 0 Å². The van der Waals surface area contributed by atoms with Crippen LogP contribution < -0.4 is 0 Å². The summed E-state index contributed by atoms with van der Waals surface area (Å²) in [4.78, 5) is 0. The molecule has 0 heteroatoms. The maximum absolute atomic E-state index is 4.01. The van der Waals surface area contributed by atoms with E-state index in [9.17, 15) is 0 Å². The first kappa shape index (κ1) is 7.84. The summed E-state index contributed by atoms with van der Waals surface area (Å²) in [6.07, 6.45) is 5.62. The second-order valence-corrected chi connectivity index (χ2v) is 3.82. The van der Waals surface area contributed by atoms with Crippen LogP contribution in [0.4, 0.5) is 0 Å². The van der Waals surface area contributed by atoms with Crippen LogP contribution >= 0.6 is 0 Å². The van der Waals surface area contributed by atoms with Gasteiger partial charge in [0.05, 0.1) is 0 Å². The van der Waals surface area contributed by atoms with Crippen molar-refractivity contribution in [3.63, 3.8) is 0 Å². The number of hydrogen-bond donors (Lipinski definition) is 0. The van der Waals surface area contributed by atoms with Gasteiger partial charge in [-0.1, -0.05) is 31.9 Å². The van der Waals surface area contributed by atoms with E-state index in [2.05, 4.69) is 20.4 Å². The average molecular weight is 138 g/mol. The van der Waals surface area contributed by atoms with Crippen molar-refractivity contribution in [3.05, 3.63) is 12.2 Å². The molecule has 0 radical (unpaired) electrons. The molecule has 0 amide bonds. The molecule has 0 aromatic heterocycles. The molecule has 1 aliphatic carbocycles. The van der Waals surface area contributed by atoms with Gasteiger partial charge in [-0.15, -0.1) is 0 Å². The minimum atomic E-state index is 0.837. The Labute approximate surface area is 64.3 Å². The SMILES string of the molecule is C=C(C)[C@@H]1CCC[C@H](C)C1. The molecule has 1 saturated carbocycles. The molecule has 0 heterocycles. The van der Waals surface area contributed by atoms with E-state index < -0.39 is 0 Å². The molecular weight excluding hydrogens is 120 g/mol. The predicted octanol–water partition coefficient (Wildman–Crippen LogP) is 3.39. The third-order valence-corrected chi connectivity index (χ3v) is 2.63. The Balaban J connectivity index is 2.39. The largest absolute Gasteiger partial charge is 0.0999 e. The Morgan fingerprint density at radius 2 is 2.10 bits per heavy atom. The molecule has 0 N–H and O–H groups in total. The Kier molecular flexibility index (Phi) is 2.53. The molecule has 58 valence electrons. The van der Waals surface area contributed by atoms with Crippen molar-refractivity contribution in [1.29, 1.82) is 0 Å². The summed E-state index contributed by atoms with van der Waals surface area (Å²) < 4.78 is 0. The Bertz CT molecular complexity index is 124. The van der Waals surface area contributed by atoms with E-state index in [1.807, 2.05) is 0 Å². The Morgan fingerprint density at radius 3 is 2.50 bits per heavy atom. The summed E-state index contributed by atoms with van der Waals surface area (Å²) in [6.45, 7) is 8.54. The number of allylic oxidation sites excluding steroid dienone is 1. The fraction of sp³-hybridized carbons (Fsp3) is 0.800. The van der Waals surface area contributed by atoms with Crippen LogP contribution in [-0.2, 0) is 0 Å². The molecule has 1 fully saturated rings. The zero-order valence-electron chi connectivity index (χ0n) is 7.19. The van der Waals surface area contributed by atoms with Crippen LogP contribution in [0.1, 0.15) is 39.5 Å². The molecule has 0 nitrogen and oxygen atoms in total. The van der Waals surface area contributed by atoms with Gasteiger partial charge in [-0.3, -0.25) is 0 Å². The van der Waals surface area contributed by atoms with Crippen molar-refractivity contribution in [2.45, 2.75) is 39.5 Å². The first-order valence-corrected chi connectivity index (χ1v) is 4.35. The molecule has 1 aliphatic rings. The highest BCUT2D eigenvalue weighted by Gasteiger charge is 2.18. The summed E-state index contributed by atoms with van der Waals surface area (Å²) in [5.74, 6) is 1.78. The van der Waals surface area contributed by atoms with Gasteiger partial charge in [-0.05, 0) is 31.6 Å². The zero-order chi connectivity index (χ0) is 7.56. The third kappa shape index (κ3) is 1.86. The molecule has 0 aromatic carbocycles. The van der Waals surface area contributed by atoms with E-state index in [4.69, 9.17) is 0 Å². The van der Waals surface area contributed by atoms with Gasteiger partial charge in [0, 0.05) is 0 Å². The lowest BCUT2D eigenvalue weighted by molar-refractivity contribution is 0.315. The van der Waals surface area contributed by atoms with E-state index in [0.717, 1.165) is 11.8 Å². The second-order valence-electron chi connectivity index (χ2n) is 3.82. The van der Waals surface area contributed by atoms with Crippen LogP contribution in [0.2, 0.25) is 0 Å². The van der Waals surface area contributed by atoms with Crippen LogP contribution in [0.25, 0.3) is 0 Å². The van der Waals surface area contributed by atoms with E-state index >= 15 is 0 Å². The number of rotatable bonds is 1. The van der Waals surface area contributed by atoms with E-state index in [0.29, 0.717) is 0 Å². The van der Waals surface area contributed by atoms with E-state index in [1.54, 1.807) is 0 Å². The van der Waals surface area contributed by atoms with Gasteiger partial charge in [0.15, 0.2) is 0 Å². The predicted molar refractivity (Wildman–Crippen MR) is 45.9 cm³/mol. The molecule has 0 aliphatic heterocycles. The summed E-state index contributed by atoms with van der Waals surface area (Å²) in [7, 11) is 0. The number of hydrogen-bond acceptors (Lipinski definition) is 0. The van der Waals surface area contributed by atoms with Gasteiger partial charge in [-0.2, -0.15) is 0 Å². The highest BCUT2D eigenvalue weighted by atomic mass is 14.2. The summed E-state index contributed by atoms with van der Waals surface area (Å²) in [5, 5.41) is 0. The Hall–Kier alpha value is -0.260. The molecule has 0 saturated heterocycles. The second kappa shape index (κ2) is 3.23. The van der Waals surface area contributed by atoms with Crippen molar-refractivity contribution in [2.24, 2.45) is 11.8 Å². The van der Waals surface area contributed by atoms with Gasteiger partial charge >= 0.3 is 0 Å². The van der Waals surface area contributed by atoms with Gasteiger partial charge in [0.2, 0.25) is 0 Å². The van der Waals surface area contributed by atoms with E-state index in [1.165, 1.54) is 31.3 Å². The maximum atomic E-state index is 4.01. The Morgan fingerprint density at radius 1 is 1.40 bits per heavy atom. The van der Waals surface area contributed by atoms with Gasteiger partial charge in [0.25, 0.3) is 0 Å². The first-order valence-electron chi connectivity index (χ1n) is 4.35. The molecular formula is C10H18. The lowest BCUT2D eigenvalue weighted by Crippen LogP contribution is -2.13. The summed E-state index contributed by atoms with van der Waals surface area (Å²) in [6, 6.07) is 0. The summed E-state index contributed by atoms with van der Waals surface area (Å²) >= 11 is 0. The fourth-order valence-electron chi connectivity index (χ4n) is 1.88. The van der Waals surface area contributed by atoms with Gasteiger partial charge in [0.1, 0.15) is 0 Å². The first-order chi connectivity index (χ1) is 4.70. The molecule has 0 spiro atoms. The molecule has 0 aromatic rings. The lowest BCUT2D eigenvalue weighted by Gasteiger charge is -2.26. The minimum absolute atomic E-state index is 0.837. The fourth-order valence-corrected chi connectivity index (χ4v) is 1.88. The highest BCUT2D eigenvalue weighted by Crippen LogP contribution is 2.32. The monoisotopic (exact) mass is 138 g/mol. The lowest BCUT2D eigenvalue weighted by atomic mass is 9.79. The standard InChI is InChI=1S/C10H18/c1-8(2)10-6-4-5-9(3)7-10/h9-10H,1,4-7H2,2-3H3/t9-,10+/m0/s1. The normalized spacial score (nSPS) is 33.8. The highest BCUT2D eigenvalue weighted by molar-refractivity contribution is 4.97. The topological polar surface area (TPSA) is 0 Å². The zero-order valence-corrected chi connectivity index (χ0v) is 7.19. The van der Waals surface area contributed by atoms with Crippen molar-refractivity contribution in [3.8, 4) is 0 Å². The smallest absolute Gasteiger partial charge is 0.0206 e. The minimum Gasteiger partial charge on any atom is -0.0999 e. The molecule has 2 atom stereocenters. The van der Waals surface area contributed by atoms with E-state index in [-0.39, 0.29) is 0 Å². The van der Waals surface area contributed by atoms with Crippen LogP contribution in [0.3, 0.4) is 0 Å². The van der Waals surface area contributed by atoms with Gasteiger partial charge < -0.3 is 0 Å². The van der Waals surface area contributed by atoms with Crippen molar-refractivity contribution >= 4 is 0 Å². The quantitative estimate of drug-likeness (QED) is 0.487. The van der Waals surface area contributed by atoms with Crippen LogP contribution in [0.15, 0.2) is 12.2 Å². The van der Waals surface area contributed by atoms with Crippen LogP contribution in [0, 0.1) is 11.8 Å². The molecule has 0 unspecified atom stereocenters.